The molecule has 6 aromatic rings. The first-order chi connectivity index (χ1) is 50.3. The molecule has 0 spiro atoms. The number of carbonyl (C=O) groups excluding carboxylic acids is 4. The predicted molar refractivity (Wildman–Crippen MR) is 370 cm³/mol. The summed E-state index contributed by atoms with van der Waals surface area (Å²) >= 11 is 0. The van der Waals surface area contributed by atoms with Crippen LogP contribution in [0, 0.1) is 0 Å². The molecule has 3 amide bonds. The monoisotopic (exact) mass is 1420 g/mol. The van der Waals surface area contributed by atoms with Gasteiger partial charge in [0.15, 0.2) is 37.7 Å². The fourth-order valence-corrected chi connectivity index (χ4v) is 13.6. The number of rotatable bonds is 29. The van der Waals surface area contributed by atoms with Gasteiger partial charge in [0.1, 0.15) is 54.9 Å². The van der Waals surface area contributed by atoms with E-state index in [-0.39, 0.29) is 77.9 Å². The first kappa shape index (κ1) is 75.2. The molecule has 6 aliphatic rings. The molecule has 4 N–H and O–H groups in total. The molecule has 0 saturated carbocycles. The maximum atomic E-state index is 15.1. The Hall–Kier alpha value is -7.44. The van der Waals surface area contributed by atoms with E-state index in [0.717, 1.165) is 33.4 Å². The van der Waals surface area contributed by atoms with E-state index in [0.29, 0.717) is 19.3 Å². The Morgan fingerprint density at radius 1 is 0.398 bits per heavy atom. The first-order valence-corrected chi connectivity index (χ1v) is 35.8. The number of carbonyl (C=O) groups is 4. The predicted octanol–water partition coefficient (Wildman–Crippen LogP) is 8.83. The smallest absolute Gasteiger partial charge is 0.305 e. The average molecular weight is 1420 g/mol. The summed E-state index contributed by atoms with van der Waals surface area (Å²) < 4.78 is 106. The highest BCUT2D eigenvalue weighted by Crippen LogP contribution is 2.39. The van der Waals surface area contributed by atoms with E-state index in [1.165, 1.54) is 7.11 Å². The van der Waals surface area contributed by atoms with Crippen LogP contribution >= 0.6 is 0 Å². The SMILES string of the molecule is COC(=O)CCCCCO[C@H]1O[C@H](C)[C@@H](NC(=O)[C@@H]2CCO[C@@H](c3ccccc3)O2)[C@H](OCc2ccccc2)[C@@H]1O[C@H]1O[C@H](C)[C@@H](NC(=O)[C@@H]2CCO[C@@H](c3ccccc3)O2)[C@H](OCc2ccccc2)[C@@H]1O[C@H]1O[C@H](C)[C@@H](NC(=O)[C@@H]2CCO[C@@H](c3ccccc3)O2)[C@H](OCc2ccccc2)[C@@H]1O. The van der Waals surface area contributed by atoms with Crippen LogP contribution in [-0.2, 0) is 115 Å². The van der Waals surface area contributed by atoms with Gasteiger partial charge >= 0.3 is 5.97 Å². The fraction of sp³-hybridized carbons (Fsp3) is 0.494. The summed E-state index contributed by atoms with van der Waals surface area (Å²) in [5.41, 5.74) is 4.59. The molecule has 103 heavy (non-hydrogen) atoms. The third-order valence-electron chi connectivity index (χ3n) is 19.2. The Bertz CT molecular complexity index is 3560. The fourth-order valence-electron chi connectivity index (χ4n) is 13.6. The molecule has 0 radical (unpaired) electrons. The average Bonchev–Trinajstić information content (AvgIpc) is 0.761. The summed E-state index contributed by atoms with van der Waals surface area (Å²) in [4.78, 5) is 56.8. The quantitative estimate of drug-likeness (QED) is 0.0252. The van der Waals surface area contributed by atoms with Crippen LogP contribution in [0.4, 0.5) is 0 Å². The minimum atomic E-state index is -1.67. The third-order valence-corrected chi connectivity index (χ3v) is 19.2. The maximum Gasteiger partial charge on any atom is 0.305 e. The Morgan fingerprint density at radius 3 is 1.14 bits per heavy atom. The third kappa shape index (κ3) is 20.1. The van der Waals surface area contributed by atoms with Crippen LogP contribution in [-0.4, -0.2) is 173 Å². The molecule has 0 unspecified atom stereocenters. The molecule has 12 rings (SSSR count). The van der Waals surface area contributed by atoms with Crippen LogP contribution in [0.3, 0.4) is 0 Å². The number of aliphatic hydroxyl groups excluding tert-OH is 1. The van der Waals surface area contributed by atoms with Crippen LogP contribution in [0.25, 0.3) is 0 Å². The lowest BCUT2D eigenvalue weighted by atomic mass is 9.93. The lowest BCUT2D eigenvalue weighted by Gasteiger charge is -2.51. The summed E-state index contributed by atoms with van der Waals surface area (Å²) in [6.07, 6.45) is -17.8. The van der Waals surface area contributed by atoms with Crippen molar-refractivity contribution in [3.05, 3.63) is 215 Å². The van der Waals surface area contributed by atoms with Crippen molar-refractivity contribution in [2.45, 2.75) is 215 Å². The van der Waals surface area contributed by atoms with E-state index in [9.17, 15) is 19.5 Å². The molecule has 21 atom stereocenters. The first-order valence-electron chi connectivity index (χ1n) is 35.8. The zero-order chi connectivity index (χ0) is 71.4. The molecule has 552 valence electrons. The van der Waals surface area contributed by atoms with Gasteiger partial charge < -0.3 is 96.8 Å². The van der Waals surface area contributed by atoms with Crippen molar-refractivity contribution < 1.29 is 100 Å². The highest BCUT2D eigenvalue weighted by molar-refractivity contribution is 5.82. The van der Waals surface area contributed by atoms with Gasteiger partial charge in [-0.1, -0.05) is 188 Å². The van der Waals surface area contributed by atoms with Crippen molar-refractivity contribution in [3.63, 3.8) is 0 Å². The van der Waals surface area contributed by atoms with Crippen LogP contribution in [0.1, 0.15) is 118 Å². The van der Waals surface area contributed by atoms with Gasteiger partial charge in [-0.2, -0.15) is 0 Å². The molecular weight excluding hydrogens is 1330 g/mol. The van der Waals surface area contributed by atoms with E-state index in [2.05, 4.69) is 16.0 Å². The highest BCUT2D eigenvalue weighted by atomic mass is 16.8. The Balaban J connectivity index is 0.907. The number of benzene rings is 6. The number of methoxy groups -OCH3 is 1. The molecule has 0 bridgehead atoms. The molecule has 6 aromatic carbocycles. The summed E-state index contributed by atoms with van der Waals surface area (Å²) in [6, 6.07) is 53.5. The van der Waals surface area contributed by atoms with Crippen molar-refractivity contribution >= 4 is 23.7 Å². The van der Waals surface area contributed by atoms with E-state index in [1.54, 1.807) is 13.8 Å². The van der Waals surface area contributed by atoms with Gasteiger partial charge in [0.25, 0.3) is 0 Å². The zero-order valence-corrected chi connectivity index (χ0v) is 58.5. The van der Waals surface area contributed by atoms with Crippen molar-refractivity contribution in [1.82, 2.24) is 16.0 Å². The summed E-state index contributed by atoms with van der Waals surface area (Å²) in [5.74, 6) is -1.73. The summed E-state index contributed by atoms with van der Waals surface area (Å²) in [7, 11) is 1.35. The molecule has 24 nitrogen and oxygen atoms in total. The largest absolute Gasteiger partial charge is 0.469 e. The number of unbranched alkanes of at least 4 members (excludes halogenated alkanes) is 2. The standard InChI is InChI=1S/C79H95N3O21/c1-49-62(80-71(85)58-39-43-90-74(99-58)55-32-18-8-19-33-55)66(93-46-52-26-12-5-13-27-52)65(84)77(96-49)102-70-68(95-48-54-30-16-7-17-31-54)64(82-73(87)60-41-45-92-76(101-60)57-36-22-10-23-37-57)51(3)98-79(70)103-69-67(94-47-53-28-14-6-15-29-53)63(50(2)97-78(69)89-42-25-11-24-38-61(83)88-4)81-72(86)59-40-44-91-75(100-59)56-34-20-9-21-35-56/h5-10,12-23,26-37,49-51,58-60,62-70,74-79,84H,11,24-25,38-48H2,1-4H3,(H,80,85)(H,81,86)(H,82,87)/t49-,50-,51-,58+,59+,60+,62-,63-,64-,65+,66+,67+,68+,69+,70+,74-,75-,76-,77-,78+,79-/m1/s1. The van der Waals surface area contributed by atoms with Crippen LogP contribution in [0.5, 0.6) is 0 Å². The topological polar surface area (TPSA) is 272 Å². The molecule has 6 heterocycles. The van der Waals surface area contributed by atoms with E-state index in [4.69, 9.17) is 75.8 Å². The number of amides is 3. The van der Waals surface area contributed by atoms with Gasteiger partial charge in [-0.05, 0) is 50.3 Å². The second-order valence-corrected chi connectivity index (χ2v) is 26.5. The number of aliphatic hydroxyl groups is 1. The van der Waals surface area contributed by atoms with Crippen LogP contribution in [0.15, 0.2) is 182 Å². The lowest BCUT2D eigenvalue weighted by Crippen LogP contribution is -2.70. The van der Waals surface area contributed by atoms with Gasteiger partial charge in [0, 0.05) is 49.0 Å². The van der Waals surface area contributed by atoms with Gasteiger partial charge in [0.2, 0.25) is 17.7 Å². The van der Waals surface area contributed by atoms with Gasteiger partial charge in [-0.3, -0.25) is 19.2 Å². The maximum absolute atomic E-state index is 15.1. The lowest BCUT2D eigenvalue weighted by molar-refractivity contribution is -0.380. The number of hydrogen-bond donors (Lipinski definition) is 4. The normalized spacial score (nSPS) is 31.8. The van der Waals surface area contributed by atoms with Gasteiger partial charge in [0.05, 0.1) is 83.2 Å². The Labute approximate surface area is 600 Å². The molecule has 0 aromatic heterocycles. The molecule has 6 saturated heterocycles. The molecule has 0 aliphatic carbocycles. The zero-order valence-electron chi connectivity index (χ0n) is 58.5. The molecule has 6 fully saturated rings. The summed E-state index contributed by atoms with van der Waals surface area (Å²) in [5, 5.41) is 22.8. The number of hydrogen-bond acceptors (Lipinski definition) is 21. The van der Waals surface area contributed by atoms with Crippen LogP contribution < -0.4 is 16.0 Å². The molecule has 24 heteroatoms. The number of nitrogens with one attached hydrogen (secondary N) is 3. The number of ether oxygens (including phenoxy) is 16. The summed E-state index contributed by atoms with van der Waals surface area (Å²) in [6.45, 7) is 6.17. The molecular formula is C79H95N3O21. The van der Waals surface area contributed by atoms with Crippen molar-refractivity contribution in [3.8, 4) is 0 Å². The molecule has 6 aliphatic heterocycles. The van der Waals surface area contributed by atoms with E-state index in [1.807, 2.05) is 189 Å². The van der Waals surface area contributed by atoms with Crippen LogP contribution in [0.2, 0.25) is 0 Å². The van der Waals surface area contributed by atoms with Gasteiger partial charge in [-0.25, -0.2) is 0 Å². The minimum Gasteiger partial charge on any atom is -0.469 e. The van der Waals surface area contributed by atoms with E-state index >= 15 is 4.79 Å². The Morgan fingerprint density at radius 2 is 0.738 bits per heavy atom. The van der Waals surface area contributed by atoms with Gasteiger partial charge in [-0.15, -0.1) is 0 Å². The number of esters is 1. The van der Waals surface area contributed by atoms with Crippen molar-refractivity contribution in [2.24, 2.45) is 0 Å². The highest BCUT2D eigenvalue weighted by Gasteiger charge is 2.56. The second-order valence-electron chi connectivity index (χ2n) is 26.5. The minimum absolute atomic E-state index is 0.00739. The van der Waals surface area contributed by atoms with Crippen molar-refractivity contribution in [2.75, 3.05) is 33.5 Å². The second kappa shape index (κ2) is 37.5. The van der Waals surface area contributed by atoms with Crippen molar-refractivity contribution in [1.29, 1.82) is 0 Å². The Kier molecular flexibility index (Phi) is 27.4. The van der Waals surface area contributed by atoms with E-state index < -0.39 is 147 Å².